The fraction of sp³-hybridized carbons (Fsp3) is 0.750. The highest BCUT2D eigenvalue weighted by molar-refractivity contribution is 5.87. The number of carboxylic acids is 1. The molecule has 0 radical (unpaired) electrons. The molecular formula is C12H21N3O5. The minimum absolute atomic E-state index is 0.0444. The van der Waals surface area contributed by atoms with Crippen molar-refractivity contribution in [1.29, 1.82) is 0 Å². The predicted molar refractivity (Wildman–Crippen MR) is 70.0 cm³/mol. The van der Waals surface area contributed by atoms with Gasteiger partial charge in [0.15, 0.2) is 0 Å². The molecule has 1 rings (SSSR count). The molecule has 1 aliphatic rings. The lowest BCUT2D eigenvalue weighted by Crippen LogP contribution is -2.47. The van der Waals surface area contributed by atoms with Crippen LogP contribution >= 0.6 is 0 Å². The number of carbonyl (C=O) groups excluding carboxylic acids is 2. The number of hydrogen-bond donors (Lipinski definition) is 4. The van der Waals surface area contributed by atoms with Crippen LogP contribution in [0.5, 0.6) is 0 Å². The van der Waals surface area contributed by atoms with Gasteiger partial charge in [0.25, 0.3) is 0 Å². The summed E-state index contributed by atoms with van der Waals surface area (Å²) in [6.45, 7) is 2.94. The van der Waals surface area contributed by atoms with E-state index in [-0.39, 0.29) is 24.4 Å². The lowest BCUT2D eigenvalue weighted by atomic mass is 10.0. The van der Waals surface area contributed by atoms with Crippen LogP contribution < -0.4 is 16.0 Å². The molecule has 20 heavy (non-hydrogen) atoms. The lowest BCUT2D eigenvalue weighted by molar-refractivity contribution is -0.137. The Balaban J connectivity index is 2.30. The van der Waals surface area contributed by atoms with Gasteiger partial charge in [0, 0.05) is 6.04 Å². The number of hydrogen-bond acceptors (Lipinski definition) is 5. The molecule has 8 nitrogen and oxygen atoms in total. The number of rotatable bonds is 8. The van der Waals surface area contributed by atoms with E-state index in [0.29, 0.717) is 13.2 Å². The smallest absolute Gasteiger partial charge is 0.322 e. The van der Waals surface area contributed by atoms with Crippen LogP contribution in [-0.2, 0) is 19.1 Å². The Hall–Kier alpha value is -1.67. The molecule has 2 amide bonds. The quantitative estimate of drug-likeness (QED) is 0.423. The second kappa shape index (κ2) is 8.49. The van der Waals surface area contributed by atoms with Gasteiger partial charge in [-0.05, 0) is 13.0 Å². The van der Waals surface area contributed by atoms with E-state index in [4.69, 9.17) is 9.84 Å². The zero-order valence-electron chi connectivity index (χ0n) is 11.5. The number of carbonyl (C=O) groups is 3. The highest BCUT2D eigenvalue weighted by atomic mass is 16.5. The largest absolute Gasteiger partial charge is 0.480 e. The molecule has 1 aliphatic heterocycles. The third-order valence-electron chi connectivity index (χ3n) is 2.93. The Morgan fingerprint density at radius 2 is 1.95 bits per heavy atom. The third-order valence-corrected chi connectivity index (χ3v) is 2.93. The molecule has 114 valence electrons. The minimum atomic E-state index is -1.13. The normalized spacial score (nSPS) is 21.4. The molecule has 0 aromatic heterocycles. The molecule has 8 heteroatoms. The van der Waals surface area contributed by atoms with Crippen LogP contribution in [0.1, 0.15) is 13.3 Å². The molecule has 1 fully saturated rings. The average Bonchev–Trinajstić information content (AvgIpc) is 2.88. The second-order valence-electron chi connectivity index (χ2n) is 4.59. The van der Waals surface area contributed by atoms with E-state index < -0.39 is 18.4 Å². The van der Waals surface area contributed by atoms with Crippen LogP contribution in [0, 0.1) is 5.92 Å². The first kappa shape index (κ1) is 16.4. The van der Waals surface area contributed by atoms with Crippen molar-refractivity contribution < 1.29 is 24.2 Å². The van der Waals surface area contributed by atoms with Crippen LogP contribution in [0.15, 0.2) is 0 Å². The van der Waals surface area contributed by atoms with Gasteiger partial charge < -0.3 is 25.8 Å². The average molecular weight is 287 g/mol. The van der Waals surface area contributed by atoms with E-state index in [0.717, 1.165) is 13.0 Å². The minimum Gasteiger partial charge on any atom is -0.480 e. The summed E-state index contributed by atoms with van der Waals surface area (Å²) in [4.78, 5) is 33.5. The molecule has 0 aromatic rings. The Bertz CT molecular complexity index is 361. The Labute approximate surface area is 117 Å². The molecular weight excluding hydrogens is 266 g/mol. The van der Waals surface area contributed by atoms with Crippen LogP contribution in [-0.4, -0.2) is 61.8 Å². The maximum Gasteiger partial charge on any atom is 0.322 e. The fourth-order valence-electron chi connectivity index (χ4n) is 1.88. The van der Waals surface area contributed by atoms with Gasteiger partial charge in [0.1, 0.15) is 6.54 Å². The van der Waals surface area contributed by atoms with Gasteiger partial charge in [0.2, 0.25) is 11.8 Å². The summed E-state index contributed by atoms with van der Waals surface area (Å²) >= 11 is 0. The maximum atomic E-state index is 11.9. The highest BCUT2D eigenvalue weighted by Crippen LogP contribution is 2.13. The molecule has 0 aromatic carbocycles. The number of carboxylic acid groups (broad SMARTS) is 1. The van der Waals surface area contributed by atoms with E-state index in [2.05, 4.69) is 16.0 Å². The highest BCUT2D eigenvalue weighted by Gasteiger charge is 2.33. The summed E-state index contributed by atoms with van der Waals surface area (Å²) in [5.74, 6) is -2.24. The van der Waals surface area contributed by atoms with Crippen molar-refractivity contribution in [2.45, 2.75) is 19.4 Å². The number of amides is 2. The SMILES string of the molecule is CCCNC1COCC1C(=O)NCC(=O)NCC(=O)O. The van der Waals surface area contributed by atoms with Gasteiger partial charge in [-0.1, -0.05) is 6.92 Å². The van der Waals surface area contributed by atoms with Crippen LogP contribution in [0.2, 0.25) is 0 Å². The second-order valence-corrected chi connectivity index (χ2v) is 4.59. The first-order valence-electron chi connectivity index (χ1n) is 6.62. The molecule has 0 bridgehead atoms. The van der Waals surface area contributed by atoms with Crippen molar-refractivity contribution in [2.75, 3.05) is 32.8 Å². The van der Waals surface area contributed by atoms with Gasteiger partial charge in [-0.3, -0.25) is 14.4 Å². The van der Waals surface area contributed by atoms with Gasteiger partial charge >= 0.3 is 5.97 Å². The molecule has 1 heterocycles. The molecule has 0 aliphatic carbocycles. The van der Waals surface area contributed by atoms with Crippen molar-refractivity contribution in [3.8, 4) is 0 Å². The van der Waals surface area contributed by atoms with E-state index in [9.17, 15) is 14.4 Å². The summed E-state index contributed by atoms with van der Waals surface area (Å²) in [7, 11) is 0. The van der Waals surface area contributed by atoms with Crippen LogP contribution in [0.4, 0.5) is 0 Å². The van der Waals surface area contributed by atoms with Gasteiger partial charge in [-0.2, -0.15) is 0 Å². The molecule has 2 unspecified atom stereocenters. The fourth-order valence-corrected chi connectivity index (χ4v) is 1.88. The Morgan fingerprint density at radius 3 is 2.60 bits per heavy atom. The molecule has 1 saturated heterocycles. The first-order valence-corrected chi connectivity index (χ1v) is 6.62. The summed E-state index contributed by atoms with van der Waals surface area (Å²) < 4.78 is 5.27. The summed E-state index contributed by atoms with van der Waals surface area (Å²) in [5, 5.41) is 16.3. The van der Waals surface area contributed by atoms with Crippen molar-refractivity contribution in [3.05, 3.63) is 0 Å². The van der Waals surface area contributed by atoms with Crippen molar-refractivity contribution in [3.63, 3.8) is 0 Å². The van der Waals surface area contributed by atoms with E-state index in [1.54, 1.807) is 0 Å². The zero-order valence-corrected chi connectivity index (χ0v) is 11.5. The molecule has 0 spiro atoms. The monoisotopic (exact) mass is 287 g/mol. The molecule has 0 saturated carbocycles. The van der Waals surface area contributed by atoms with Gasteiger partial charge in [-0.25, -0.2) is 0 Å². The van der Waals surface area contributed by atoms with Gasteiger partial charge in [-0.15, -0.1) is 0 Å². The van der Waals surface area contributed by atoms with Crippen molar-refractivity contribution >= 4 is 17.8 Å². The Kier molecular flexibility index (Phi) is 6.96. The van der Waals surface area contributed by atoms with E-state index in [1.165, 1.54) is 0 Å². The number of nitrogens with one attached hydrogen (secondary N) is 3. The van der Waals surface area contributed by atoms with E-state index in [1.807, 2.05) is 6.92 Å². The zero-order chi connectivity index (χ0) is 15.0. The van der Waals surface area contributed by atoms with Gasteiger partial charge in [0.05, 0.1) is 25.7 Å². The predicted octanol–water partition coefficient (Wildman–Crippen LogP) is -1.68. The van der Waals surface area contributed by atoms with Crippen LogP contribution in [0.25, 0.3) is 0 Å². The van der Waals surface area contributed by atoms with Crippen molar-refractivity contribution in [2.24, 2.45) is 5.92 Å². The number of ether oxygens (including phenoxy) is 1. The molecule has 4 N–H and O–H groups in total. The summed E-state index contributed by atoms with van der Waals surface area (Å²) in [6.07, 6.45) is 0.961. The standard InChI is InChI=1S/C12H21N3O5/c1-2-3-13-9-7-20-6-8(9)12(19)15-4-10(16)14-5-11(17)18/h8-9,13H,2-7H2,1H3,(H,14,16)(H,15,19)(H,17,18). The van der Waals surface area contributed by atoms with Crippen molar-refractivity contribution in [1.82, 2.24) is 16.0 Å². The number of aliphatic carboxylic acids is 1. The maximum absolute atomic E-state index is 11.9. The summed E-state index contributed by atoms with van der Waals surface area (Å²) in [6, 6.07) is -0.0444. The van der Waals surface area contributed by atoms with Crippen LogP contribution in [0.3, 0.4) is 0 Å². The topological polar surface area (TPSA) is 117 Å². The first-order chi connectivity index (χ1) is 9.54. The Morgan fingerprint density at radius 1 is 1.20 bits per heavy atom. The van der Waals surface area contributed by atoms with E-state index >= 15 is 0 Å². The third kappa shape index (κ3) is 5.54. The summed E-state index contributed by atoms with van der Waals surface area (Å²) in [5.41, 5.74) is 0. The molecule has 2 atom stereocenters. The lowest BCUT2D eigenvalue weighted by Gasteiger charge is -2.18.